The molecule has 2 aromatic rings. The average molecular weight is 393 g/mol. The van der Waals surface area contributed by atoms with Gasteiger partial charge in [-0.25, -0.2) is 9.79 Å². The van der Waals surface area contributed by atoms with Gasteiger partial charge in [0.15, 0.2) is 17.2 Å². The predicted octanol–water partition coefficient (Wildman–Crippen LogP) is 4.31. The minimum Gasteiger partial charge on any atom is -0.493 e. The quantitative estimate of drug-likeness (QED) is 0.398. The van der Waals surface area contributed by atoms with E-state index in [4.69, 9.17) is 14.2 Å². The second kappa shape index (κ2) is 9.19. The summed E-state index contributed by atoms with van der Waals surface area (Å²) >= 11 is 0. The molecule has 0 aliphatic carbocycles. The summed E-state index contributed by atoms with van der Waals surface area (Å²) in [5.41, 5.74) is 2.86. The molecule has 2 aromatic carbocycles. The highest BCUT2D eigenvalue weighted by molar-refractivity contribution is 6.12. The van der Waals surface area contributed by atoms with E-state index in [0.717, 1.165) is 24.8 Å². The van der Waals surface area contributed by atoms with Crippen LogP contribution in [0.1, 0.15) is 43.4 Å². The van der Waals surface area contributed by atoms with Gasteiger partial charge in [-0.2, -0.15) is 0 Å². The van der Waals surface area contributed by atoms with Crippen LogP contribution in [0.4, 0.5) is 0 Å². The van der Waals surface area contributed by atoms with Crippen molar-refractivity contribution in [2.24, 2.45) is 4.99 Å². The Bertz CT molecular complexity index is 973. The van der Waals surface area contributed by atoms with Crippen LogP contribution in [0.15, 0.2) is 53.2 Å². The number of benzene rings is 2. The van der Waals surface area contributed by atoms with E-state index in [0.29, 0.717) is 17.1 Å². The van der Waals surface area contributed by atoms with E-state index >= 15 is 0 Å². The Balaban J connectivity index is 1.82. The third kappa shape index (κ3) is 5.10. The molecule has 0 radical (unpaired) electrons. The molecule has 0 unspecified atom stereocenters. The SMILES string of the molecule is CCCCc1ccc(C2=N/C(=C/c3ccc(OC(C)=O)c(OC)c3)C(=O)O2)cc1. The van der Waals surface area contributed by atoms with Gasteiger partial charge < -0.3 is 14.2 Å². The van der Waals surface area contributed by atoms with Crippen molar-refractivity contribution in [3.63, 3.8) is 0 Å². The number of ether oxygens (including phenoxy) is 3. The second-order valence-electron chi connectivity index (χ2n) is 6.64. The van der Waals surface area contributed by atoms with Gasteiger partial charge in [0, 0.05) is 12.5 Å². The molecule has 1 heterocycles. The fraction of sp³-hybridized carbons (Fsp3) is 0.261. The zero-order valence-electron chi connectivity index (χ0n) is 16.7. The molecular weight excluding hydrogens is 370 g/mol. The first-order valence-electron chi connectivity index (χ1n) is 9.48. The van der Waals surface area contributed by atoms with Crippen molar-refractivity contribution in [2.45, 2.75) is 33.1 Å². The van der Waals surface area contributed by atoms with Crippen LogP contribution in [0.3, 0.4) is 0 Å². The van der Waals surface area contributed by atoms with Crippen LogP contribution in [0, 0.1) is 0 Å². The summed E-state index contributed by atoms with van der Waals surface area (Å²) < 4.78 is 15.7. The number of rotatable bonds is 7. The Morgan fingerprint density at radius 2 is 1.90 bits per heavy atom. The lowest BCUT2D eigenvalue weighted by molar-refractivity contribution is -0.132. The maximum atomic E-state index is 12.2. The molecule has 150 valence electrons. The highest BCUT2D eigenvalue weighted by atomic mass is 16.6. The number of hydrogen-bond acceptors (Lipinski definition) is 6. The van der Waals surface area contributed by atoms with E-state index in [-0.39, 0.29) is 11.6 Å². The van der Waals surface area contributed by atoms with Crippen molar-refractivity contribution >= 4 is 23.9 Å². The van der Waals surface area contributed by atoms with Gasteiger partial charge >= 0.3 is 11.9 Å². The Labute approximate surface area is 169 Å². The number of cyclic esters (lactones) is 1. The normalized spacial score (nSPS) is 14.5. The molecule has 0 amide bonds. The molecule has 6 heteroatoms. The molecule has 0 atom stereocenters. The highest BCUT2D eigenvalue weighted by Gasteiger charge is 2.24. The van der Waals surface area contributed by atoms with Crippen LogP contribution in [-0.2, 0) is 20.7 Å². The third-order valence-electron chi connectivity index (χ3n) is 4.39. The third-order valence-corrected chi connectivity index (χ3v) is 4.39. The maximum absolute atomic E-state index is 12.2. The van der Waals surface area contributed by atoms with E-state index in [1.54, 1.807) is 24.3 Å². The second-order valence-corrected chi connectivity index (χ2v) is 6.64. The number of hydrogen-bond donors (Lipinski definition) is 0. The van der Waals surface area contributed by atoms with Gasteiger partial charge in [-0.1, -0.05) is 31.5 Å². The molecule has 0 N–H and O–H groups in total. The molecule has 1 aliphatic heterocycles. The van der Waals surface area contributed by atoms with Crippen molar-refractivity contribution in [2.75, 3.05) is 7.11 Å². The van der Waals surface area contributed by atoms with E-state index in [1.165, 1.54) is 19.6 Å². The molecule has 1 aliphatic rings. The van der Waals surface area contributed by atoms with Crippen molar-refractivity contribution in [3.05, 3.63) is 64.9 Å². The fourth-order valence-corrected chi connectivity index (χ4v) is 2.90. The first-order valence-corrected chi connectivity index (χ1v) is 9.48. The van der Waals surface area contributed by atoms with Gasteiger partial charge in [-0.3, -0.25) is 4.79 Å². The average Bonchev–Trinajstić information content (AvgIpc) is 3.07. The number of aryl methyl sites for hydroxylation is 1. The number of carbonyl (C=O) groups excluding carboxylic acids is 2. The zero-order chi connectivity index (χ0) is 20.8. The maximum Gasteiger partial charge on any atom is 0.363 e. The molecule has 0 aromatic heterocycles. The Morgan fingerprint density at radius 1 is 1.14 bits per heavy atom. The molecule has 0 saturated heterocycles. The molecular formula is C23H23NO5. The van der Waals surface area contributed by atoms with Crippen LogP contribution in [-0.4, -0.2) is 24.9 Å². The van der Waals surface area contributed by atoms with Crippen LogP contribution >= 0.6 is 0 Å². The Morgan fingerprint density at radius 3 is 2.55 bits per heavy atom. The number of carbonyl (C=O) groups is 2. The van der Waals surface area contributed by atoms with Crippen LogP contribution in [0.5, 0.6) is 11.5 Å². The molecule has 6 nitrogen and oxygen atoms in total. The number of esters is 2. The summed E-state index contributed by atoms with van der Waals surface area (Å²) in [4.78, 5) is 27.7. The highest BCUT2D eigenvalue weighted by Crippen LogP contribution is 2.30. The van der Waals surface area contributed by atoms with Gasteiger partial charge in [0.1, 0.15) is 0 Å². The molecule has 3 rings (SSSR count). The number of unbranched alkanes of at least 4 members (excludes halogenated alkanes) is 1. The number of methoxy groups -OCH3 is 1. The monoisotopic (exact) mass is 393 g/mol. The van der Waals surface area contributed by atoms with E-state index in [9.17, 15) is 9.59 Å². The van der Waals surface area contributed by atoms with Crippen molar-refractivity contribution in [1.82, 2.24) is 0 Å². The van der Waals surface area contributed by atoms with Gasteiger partial charge in [-0.05, 0) is 54.3 Å². The van der Waals surface area contributed by atoms with E-state index < -0.39 is 11.9 Å². The van der Waals surface area contributed by atoms with E-state index in [1.807, 2.05) is 24.3 Å². The van der Waals surface area contributed by atoms with Gasteiger partial charge in [0.05, 0.1) is 7.11 Å². The smallest absolute Gasteiger partial charge is 0.363 e. The van der Waals surface area contributed by atoms with Crippen LogP contribution in [0.25, 0.3) is 6.08 Å². The first kappa shape index (κ1) is 20.3. The van der Waals surface area contributed by atoms with Crippen molar-refractivity contribution in [1.29, 1.82) is 0 Å². The van der Waals surface area contributed by atoms with E-state index in [2.05, 4.69) is 11.9 Å². The van der Waals surface area contributed by atoms with Crippen molar-refractivity contribution < 1.29 is 23.8 Å². The summed E-state index contributed by atoms with van der Waals surface area (Å²) in [5, 5.41) is 0. The molecule has 0 saturated carbocycles. The molecule has 0 fully saturated rings. The summed E-state index contributed by atoms with van der Waals surface area (Å²) in [5.74, 6) is 0.0184. The van der Waals surface area contributed by atoms with Gasteiger partial charge in [0.25, 0.3) is 0 Å². The fourth-order valence-electron chi connectivity index (χ4n) is 2.90. The van der Waals surface area contributed by atoms with Gasteiger partial charge in [-0.15, -0.1) is 0 Å². The lowest BCUT2D eigenvalue weighted by atomic mass is 10.1. The topological polar surface area (TPSA) is 74.2 Å². The lowest BCUT2D eigenvalue weighted by Crippen LogP contribution is -2.05. The summed E-state index contributed by atoms with van der Waals surface area (Å²) in [6.07, 6.45) is 4.92. The Hall–Kier alpha value is -3.41. The number of nitrogens with zero attached hydrogens (tertiary/aromatic N) is 1. The summed E-state index contributed by atoms with van der Waals surface area (Å²) in [6.45, 7) is 3.48. The summed E-state index contributed by atoms with van der Waals surface area (Å²) in [7, 11) is 1.48. The lowest BCUT2D eigenvalue weighted by Gasteiger charge is -2.08. The summed E-state index contributed by atoms with van der Waals surface area (Å²) in [6, 6.07) is 12.9. The standard InChI is InChI=1S/C23H23NO5/c1-4-5-6-16-7-10-18(11-8-16)22-24-19(23(26)29-22)13-17-9-12-20(28-15(2)25)21(14-17)27-3/h7-14H,4-6H2,1-3H3/b19-13+. The Kier molecular flexibility index (Phi) is 6.44. The zero-order valence-corrected chi connectivity index (χ0v) is 16.7. The van der Waals surface area contributed by atoms with Crippen LogP contribution in [0.2, 0.25) is 0 Å². The van der Waals surface area contributed by atoms with Crippen LogP contribution < -0.4 is 9.47 Å². The number of aliphatic imine (C=N–C) groups is 1. The van der Waals surface area contributed by atoms with Crippen molar-refractivity contribution in [3.8, 4) is 11.5 Å². The minimum atomic E-state index is -0.516. The molecule has 0 bridgehead atoms. The predicted molar refractivity (Wildman–Crippen MR) is 110 cm³/mol. The molecule has 0 spiro atoms. The largest absolute Gasteiger partial charge is 0.493 e. The first-order chi connectivity index (χ1) is 14.0. The molecule has 29 heavy (non-hydrogen) atoms. The minimum absolute atomic E-state index is 0.192. The van der Waals surface area contributed by atoms with Gasteiger partial charge in [0.2, 0.25) is 5.90 Å².